The lowest BCUT2D eigenvalue weighted by Gasteiger charge is -2.36. The van der Waals surface area contributed by atoms with Gasteiger partial charge >= 0.3 is 0 Å². The Bertz CT molecular complexity index is 802. The lowest BCUT2D eigenvalue weighted by molar-refractivity contribution is -0.124. The Morgan fingerprint density at radius 2 is 1.79 bits per heavy atom. The van der Waals surface area contributed by atoms with E-state index in [1.54, 1.807) is 6.08 Å². The van der Waals surface area contributed by atoms with Gasteiger partial charge in [0.2, 0.25) is 15.9 Å². The minimum Gasteiger partial charge on any atom is -0.352 e. The van der Waals surface area contributed by atoms with E-state index in [9.17, 15) is 13.2 Å². The molecule has 1 N–H and O–H groups in total. The molecule has 0 spiro atoms. The molecule has 7 heteroatoms. The molecule has 1 saturated heterocycles. The molecule has 1 amide bonds. The monoisotopic (exact) mass is 419 g/mol. The van der Waals surface area contributed by atoms with Crippen LogP contribution in [0.25, 0.3) is 6.08 Å². The van der Waals surface area contributed by atoms with E-state index in [4.69, 9.17) is 0 Å². The Hall–Kier alpha value is -1.70. The van der Waals surface area contributed by atoms with Crippen molar-refractivity contribution in [2.45, 2.75) is 39.2 Å². The maximum Gasteiger partial charge on any atom is 0.236 e. The van der Waals surface area contributed by atoms with Crippen molar-refractivity contribution >= 4 is 22.0 Å². The Balaban J connectivity index is 1.46. The van der Waals surface area contributed by atoms with Gasteiger partial charge in [-0.15, -0.1) is 0 Å². The predicted molar refractivity (Wildman–Crippen MR) is 117 cm³/mol. The summed E-state index contributed by atoms with van der Waals surface area (Å²) in [6.07, 6.45) is 5.09. The van der Waals surface area contributed by atoms with Crippen molar-refractivity contribution in [2.24, 2.45) is 11.8 Å². The summed E-state index contributed by atoms with van der Waals surface area (Å²) in [7, 11) is -3.44. The van der Waals surface area contributed by atoms with E-state index in [2.05, 4.69) is 19.2 Å². The van der Waals surface area contributed by atoms with E-state index in [1.807, 2.05) is 35.2 Å². The van der Waals surface area contributed by atoms with Crippen LogP contribution < -0.4 is 5.32 Å². The number of benzene rings is 1. The largest absolute Gasteiger partial charge is 0.352 e. The molecule has 29 heavy (non-hydrogen) atoms. The average molecular weight is 420 g/mol. The van der Waals surface area contributed by atoms with Crippen molar-refractivity contribution in [3.05, 3.63) is 41.3 Å². The Morgan fingerprint density at radius 1 is 1.10 bits per heavy atom. The van der Waals surface area contributed by atoms with Crippen molar-refractivity contribution in [3.63, 3.8) is 0 Å². The number of rotatable bonds is 6. The van der Waals surface area contributed by atoms with Crippen LogP contribution in [0.3, 0.4) is 0 Å². The van der Waals surface area contributed by atoms with Crippen LogP contribution in [0.4, 0.5) is 0 Å². The molecule has 2 aliphatic rings. The van der Waals surface area contributed by atoms with E-state index in [0.717, 1.165) is 12.0 Å². The van der Waals surface area contributed by atoms with Gasteiger partial charge in [-0.2, -0.15) is 4.31 Å². The second-order valence-electron chi connectivity index (χ2n) is 8.37. The molecule has 0 bridgehead atoms. The second kappa shape index (κ2) is 9.87. The summed E-state index contributed by atoms with van der Waals surface area (Å²) in [4.78, 5) is 14.5. The first-order chi connectivity index (χ1) is 13.8. The third-order valence-electron chi connectivity index (χ3n) is 6.34. The summed E-state index contributed by atoms with van der Waals surface area (Å²) in [5, 5.41) is 4.48. The van der Waals surface area contributed by atoms with Crippen LogP contribution >= 0.6 is 0 Å². The molecule has 2 fully saturated rings. The van der Waals surface area contributed by atoms with E-state index >= 15 is 0 Å². The maximum atomic E-state index is 12.6. The smallest absolute Gasteiger partial charge is 0.236 e. The highest BCUT2D eigenvalue weighted by Crippen LogP contribution is 2.29. The Kier molecular flexibility index (Phi) is 7.49. The van der Waals surface area contributed by atoms with Gasteiger partial charge in [0.05, 0.1) is 6.54 Å². The zero-order valence-electron chi connectivity index (χ0n) is 17.5. The highest BCUT2D eigenvalue weighted by atomic mass is 32.2. The summed E-state index contributed by atoms with van der Waals surface area (Å²) in [5.74, 6) is 1.20. The van der Waals surface area contributed by atoms with Gasteiger partial charge in [-0.25, -0.2) is 8.42 Å². The zero-order chi connectivity index (χ0) is 20.9. The Labute approximate surface area is 175 Å². The van der Waals surface area contributed by atoms with Crippen LogP contribution in [0, 0.1) is 11.8 Å². The summed E-state index contributed by atoms with van der Waals surface area (Å²) in [6, 6.07) is 9.66. The van der Waals surface area contributed by atoms with Gasteiger partial charge in [0.25, 0.3) is 0 Å². The average Bonchev–Trinajstić information content (AvgIpc) is 2.71. The number of amides is 1. The van der Waals surface area contributed by atoms with Crippen LogP contribution in [0.5, 0.6) is 0 Å². The van der Waals surface area contributed by atoms with Crippen LogP contribution in [-0.2, 0) is 14.8 Å². The molecule has 1 aliphatic carbocycles. The molecule has 3 atom stereocenters. The van der Waals surface area contributed by atoms with E-state index in [0.29, 0.717) is 44.6 Å². The third kappa shape index (κ3) is 6.14. The number of piperazine rings is 1. The van der Waals surface area contributed by atoms with Crippen molar-refractivity contribution < 1.29 is 13.2 Å². The Morgan fingerprint density at radius 3 is 2.48 bits per heavy atom. The first-order valence-corrected chi connectivity index (χ1v) is 12.1. The van der Waals surface area contributed by atoms with E-state index < -0.39 is 10.0 Å². The van der Waals surface area contributed by atoms with Crippen molar-refractivity contribution in [2.75, 3.05) is 32.7 Å². The number of nitrogens with zero attached hydrogens (tertiary/aromatic N) is 2. The van der Waals surface area contributed by atoms with Crippen molar-refractivity contribution in [1.29, 1.82) is 0 Å². The quantitative estimate of drug-likeness (QED) is 0.769. The minimum absolute atomic E-state index is 0.0521. The minimum atomic E-state index is -3.44. The number of sulfonamides is 1. The first kappa shape index (κ1) is 22.0. The summed E-state index contributed by atoms with van der Waals surface area (Å²) in [6.45, 7) is 6.78. The number of carbonyl (C=O) groups excluding carboxylic acids is 1. The molecule has 0 radical (unpaired) electrons. The fourth-order valence-electron chi connectivity index (χ4n) is 4.20. The number of nitrogens with one attached hydrogen (secondary N) is 1. The number of hydrogen-bond donors (Lipinski definition) is 1. The predicted octanol–water partition coefficient (Wildman–Crippen LogP) is 2.55. The summed E-state index contributed by atoms with van der Waals surface area (Å²) in [5.41, 5.74) is 0.859. The molecule has 0 aromatic heterocycles. The standard InChI is InChI=1S/C22H33N3O3S/c1-18-7-6-10-21(19(18)2)23-22(26)17-24-12-14-25(15-13-24)29(27,28)16-11-20-8-4-3-5-9-20/h3-5,8-9,11,16,18-19,21H,6-7,10,12-15,17H2,1-2H3,(H,23,26)/b16-11+. The van der Waals surface area contributed by atoms with Gasteiger partial charge in [0, 0.05) is 37.6 Å². The van der Waals surface area contributed by atoms with Gasteiger partial charge in [-0.05, 0) is 29.9 Å². The van der Waals surface area contributed by atoms with Crippen LogP contribution in [-0.4, -0.2) is 62.3 Å². The molecule has 1 heterocycles. The molecule has 3 unspecified atom stereocenters. The first-order valence-electron chi connectivity index (χ1n) is 10.6. The molecule has 1 saturated carbocycles. The highest BCUT2D eigenvalue weighted by Gasteiger charge is 2.30. The topological polar surface area (TPSA) is 69.7 Å². The van der Waals surface area contributed by atoms with Crippen LogP contribution in [0.2, 0.25) is 0 Å². The molecule has 1 aromatic carbocycles. The van der Waals surface area contributed by atoms with Gasteiger partial charge in [-0.3, -0.25) is 9.69 Å². The van der Waals surface area contributed by atoms with Gasteiger partial charge < -0.3 is 5.32 Å². The maximum absolute atomic E-state index is 12.6. The highest BCUT2D eigenvalue weighted by molar-refractivity contribution is 7.92. The van der Waals surface area contributed by atoms with Gasteiger partial charge in [0.15, 0.2) is 0 Å². The summed E-state index contributed by atoms with van der Waals surface area (Å²) >= 11 is 0. The van der Waals surface area contributed by atoms with Gasteiger partial charge in [-0.1, -0.05) is 57.0 Å². The molecule has 1 aromatic rings. The number of carbonyl (C=O) groups is 1. The van der Waals surface area contributed by atoms with Crippen molar-refractivity contribution in [1.82, 2.24) is 14.5 Å². The van der Waals surface area contributed by atoms with Crippen molar-refractivity contribution in [3.8, 4) is 0 Å². The normalized spacial score (nSPS) is 27.2. The van der Waals surface area contributed by atoms with E-state index in [-0.39, 0.29) is 11.9 Å². The molecule has 160 valence electrons. The summed E-state index contributed by atoms with van der Waals surface area (Å²) < 4.78 is 26.6. The lowest BCUT2D eigenvalue weighted by atomic mass is 9.78. The van der Waals surface area contributed by atoms with Crippen LogP contribution in [0.1, 0.15) is 38.7 Å². The fraction of sp³-hybridized carbons (Fsp3) is 0.591. The lowest BCUT2D eigenvalue weighted by Crippen LogP contribution is -2.52. The molecule has 3 rings (SSSR count). The van der Waals surface area contributed by atoms with E-state index in [1.165, 1.54) is 22.6 Å². The molecular formula is C22H33N3O3S. The van der Waals surface area contributed by atoms with Gasteiger partial charge in [0.1, 0.15) is 0 Å². The van der Waals surface area contributed by atoms with Crippen LogP contribution in [0.15, 0.2) is 35.7 Å². The molecule has 1 aliphatic heterocycles. The zero-order valence-corrected chi connectivity index (χ0v) is 18.3. The number of hydrogen-bond acceptors (Lipinski definition) is 4. The molecular weight excluding hydrogens is 386 g/mol. The SMILES string of the molecule is CC1CCCC(NC(=O)CN2CCN(S(=O)(=O)/C=C/c3ccccc3)CC2)C1C. The fourth-order valence-corrected chi connectivity index (χ4v) is 5.37. The second-order valence-corrected chi connectivity index (χ2v) is 10.2. The third-order valence-corrected chi connectivity index (χ3v) is 7.91. The molecule has 6 nitrogen and oxygen atoms in total.